The van der Waals surface area contributed by atoms with E-state index in [1.165, 1.54) is 22.9 Å². The Morgan fingerprint density at radius 1 is 1.23 bits per heavy atom. The zero-order valence-corrected chi connectivity index (χ0v) is 18.0. The number of methoxy groups -OCH3 is 1. The topological polar surface area (TPSA) is 73.1 Å². The molecular formula is C22H25N5O2S. The maximum Gasteiger partial charge on any atom is 0.233 e. The van der Waals surface area contributed by atoms with Gasteiger partial charge in [-0.05, 0) is 58.5 Å². The molecule has 30 heavy (non-hydrogen) atoms. The van der Waals surface area contributed by atoms with Crippen molar-refractivity contribution in [2.24, 2.45) is 0 Å². The second-order valence-electron chi connectivity index (χ2n) is 7.37. The SMILES string of the molecule is COc1ccc(Cn2nnnc2SCC(=O)N(C)[C@H]2CCCc3ccccc32)cc1. The molecule has 0 spiro atoms. The molecule has 0 bridgehead atoms. The van der Waals surface area contributed by atoms with Gasteiger partial charge in [0, 0.05) is 7.05 Å². The summed E-state index contributed by atoms with van der Waals surface area (Å²) in [6.07, 6.45) is 3.19. The molecule has 4 rings (SSSR count). The van der Waals surface area contributed by atoms with Gasteiger partial charge in [-0.2, -0.15) is 0 Å². The van der Waals surface area contributed by atoms with Crippen LogP contribution in [0.25, 0.3) is 0 Å². The number of carbonyl (C=O) groups excluding carboxylic acids is 1. The van der Waals surface area contributed by atoms with E-state index in [4.69, 9.17) is 4.74 Å². The lowest BCUT2D eigenvalue weighted by atomic mass is 9.87. The summed E-state index contributed by atoms with van der Waals surface area (Å²) in [5, 5.41) is 12.6. The minimum absolute atomic E-state index is 0.0840. The molecule has 0 unspecified atom stereocenters. The van der Waals surface area contributed by atoms with Gasteiger partial charge in [0.25, 0.3) is 0 Å². The summed E-state index contributed by atoms with van der Waals surface area (Å²) in [7, 11) is 3.54. The highest BCUT2D eigenvalue weighted by Gasteiger charge is 2.26. The summed E-state index contributed by atoms with van der Waals surface area (Å²) in [6.45, 7) is 0.541. The zero-order chi connectivity index (χ0) is 20.9. The first kappa shape index (κ1) is 20.4. The molecule has 0 aliphatic heterocycles. The summed E-state index contributed by atoms with van der Waals surface area (Å²) in [5.74, 6) is 1.20. The van der Waals surface area contributed by atoms with E-state index in [9.17, 15) is 4.79 Å². The van der Waals surface area contributed by atoms with E-state index >= 15 is 0 Å². The van der Waals surface area contributed by atoms with Crippen LogP contribution in [-0.4, -0.2) is 50.9 Å². The highest BCUT2D eigenvalue weighted by atomic mass is 32.2. The van der Waals surface area contributed by atoms with Gasteiger partial charge in [0.15, 0.2) is 0 Å². The molecule has 0 fully saturated rings. The van der Waals surface area contributed by atoms with Crippen molar-refractivity contribution in [3.63, 3.8) is 0 Å². The van der Waals surface area contributed by atoms with Gasteiger partial charge in [-0.1, -0.05) is 48.2 Å². The number of amides is 1. The number of rotatable bonds is 7. The van der Waals surface area contributed by atoms with E-state index in [-0.39, 0.29) is 11.9 Å². The maximum atomic E-state index is 12.9. The molecule has 156 valence electrons. The Morgan fingerprint density at radius 3 is 2.83 bits per heavy atom. The molecule has 1 aliphatic rings. The van der Waals surface area contributed by atoms with Gasteiger partial charge in [0.2, 0.25) is 11.1 Å². The Bertz CT molecular complexity index is 1000. The van der Waals surface area contributed by atoms with Crippen LogP contribution in [0.1, 0.15) is 35.6 Å². The third kappa shape index (κ3) is 4.48. The lowest BCUT2D eigenvalue weighted by molar-refractivity contribution is -0.129. The summed E-state index contributed by atoms with van der Waals surface area (Å²) in [5.41, 5.74) is 3.69. The molecular weight excluding hydrogens is 398 g/mol. The second kappa shape index (κ2) is 9.30. The van der Waals surface area contributed by atoms with Crippen molar-refractivity contribution in [1.29, 1.82) is 0 Å². The molecule has 0 saturated carbocycles. The molecule has 1 heterocycles. The molecule has 1 amide bonds. The Balaban J connectivity index is 1.38. The van der Waals surface area contributed by atoms with Crippen molar-refractivity contribution in [2.45, 2.75) is 37.0 Å². The number of thioether (sulfide) groups is 1. The number of fused-ring (bicyclic) bond motifs is 1. The van der Waals surface area contributed by atoms with E-state index in [1.807, 2.05) is 36.2 Å². The molecule has 0 saturated heterocycles. The lowest BCUT2D eigenvalue weighted by Crippen LogP contribution is -2.34. The minimum Gasteiger partial charge on any atom is -0.497 e. The minimum atomic E-state index is 0.0840. The van der Waals surface area contributed by atoms with Crippen molar-refractivity contribution in [2.75, 3.05) is 19.9 Å². The van der Waals surface area contributed by atoms with Crippen molar-refractivity contribution in [1.82, 2.24) is 25.1 Å². The smallest absolute Gasteiger partial charge is 0.233 e. The van der Waals surface area contributed by atoms with Crippen molar-refractivity contribution in [3.8, 4) is 5.75 Å². The van der Waals surface area contributed by atoms with Gasteiger partial charge in [0.05, 0.1) is 25.4 Å². The largest absolute Gasteiger partial charge is 0.497 e. The molecule has 3 aromatic rings. The van der Waals surface area contributed by atoms with E-state index in [0.717, 1.165) is 30.6 Å². The van der Waals surface area contributed by atoms with Gasteiger partial charge in [-0.3, -0.25) is 4.79 Å². The van der Waals surface area contributed by atoms with Crippen molar-refractivity contribution >= 4 is 17.7 Å². The first-order valence-corrected chi connectivity index (χ1v) is 11.0. The third-order valence-corrected chi connectivity index (χ3v) is 6.46. The van der Waals surface area contributed by atoms with Crippen LogP contribution >= 0.6 is 11.8 Å². The number of aryl methyl sites for hydroxylation is 1. The van der Waals surface area contributed by atoms with Gasteiger partial charge >= 0.3 is 0 Å². The van der Waals surface area contributed by atoms with E-state index in [2.05, 4.69) is 39.8 Å². The van der Waals surface area contributed by atoms with Crippen molar-refractivity contribution in [3.05, 3.63) is 65.2 Å². The summed E-state index contributed by atoms with van der Waals surface area (Å²) in [6, 6.07) is 16.4. The number of hydrogen-bond donors (Lipinski definition) is 0. The van der Waals surface area contributed by atoms with Crippen LogP contribution in [0, 0.1) is 0 Å². The quantitative estimate of drug-likeness (QED) is 0.543. The molecule has 7 nitrogen and oxygen atoms in total. The van der Waals surface area contributed by atoms with Crippen LogP contribution in [-0.2, 0) is 17.8 Å². The Hall–Kier alpha value is -2.87. The summed E-state index contributed by atoms with van der Waals surface area (Å²) >= 11 is 1.37. The van der Waals surface area contributed by atoms with Crippen LogP contribution in [0.3, 0.4) is 0 Å². The van der Waals surface area contributed by atoms with E-state index in [1.54, 1.807) is 11.8 Å². The van der Waals surface area contributed by atoms with Crippen LogP contribution in [0.4, 0.5) is 0 Å². The normalized spacial score (nSPS) is 15.5. The fraction of sp³-hybridized carbons (Fsp3) is 0.364. The Labute approximate surface area is 180 Å². The van der Waals surface area contributed by atoms with Gasteiger partial charge < -0.3 is 9.64 Å². The number of benzene rings is 2. The van der Waals surface area contributed by atoms with Crippen LogP contribution < -0.4 is 4.74 Å². The monoisotopic (exact) mass is 423 g/mol. The average Bonchev–Trinajstić information content (AvgIpc) is 3.24. The fourth-order valence-corrected chi connectivity index (χ4v) is 4.64. The predicted octanol–water partition coefficient (Wildman–Crippen LogP) is 3.36. The Morgan fingerprint density at radius 2 is 2.03 bits per heavy atom. The van der Waals surface area contributed by atoms with Crippen LogP contribution in [0.2, 0.25) is 0 Å². The second-order valence-corrected chi connectivity index (χ2v) is 8.31. The average molecular weight is 424 g/mol. The molecule has 1 aliphatic carbocycles. The van der Waals surface area contributed by atoms with E-state index in [0.29, 0.717) is 17.5 Å². The molecule has 1 aromatic heterocycles. The third-order valence-electron chi connectivity index (χ3n) is 5.51. The number of ether oxygens (including phenoxy) is 1. The lowest BCUT2D eigenvalue weighted by Gasteiger charge is -2.33. The highest BCUT2D eigenvalue weighted by Crippen LogP contribution is 2.33. The fourth-order valence-electron chi connectivity index (χ4n) is 3.84. The molecule has 0 radical (unpaired) electrons. The summed E-state index contributed by atoms with van der Waals surface area (Å²) in [4.78, 5) is 14.8. The van der Waals surface area contributed by atoms with Gasteiger partial charge in [-0.15, -0.1) is 5.10 Å². The standard InChI is InChI=1S/C22H25N5O2S/c1-26(20-9-5-7-17-6-3-4-8-19(17)20)21(28)15-30-22-23-24-25-27(22)14-16-10-12-18(29-2)13-11-16/h3-4,6,8,10-13,20H,5,7,9,14-15H2,1-2H3/t20-/m0/s1. The van der Waals surface area contributed by atoms with Crippen LogP contribution in [0.15, 0.2) is 53.7 Å². The van der Waals surface area contributed by atoms with Gasteiger partial charge in [-0.25, -0.2) is 4.68 Å². The molecule has 1 atom stereocenters. The first-order chi connectivity index (χ1) is 14.7. The molecule has 0 N–H and O–H groups in total. The number of aromatic nitrogens is 4. The number of tetrazole rings is 1. The number of nitrogens with zero attached hydrogens (tertiary/aromatic N) is 5. The van der Waals surface area contributed by atoms with Crippen molar-refractivity contribution < 1.29 is 9.53 Å². The van der Waals surface area contributed by atoms with Gasteiger partial charge in [0.1, 0.15) is 5.75 Å². The molecule has 8 heteroatoms. The molecule has 2 aromatic carbocycles. The predicted molar refractivity (Wildman–Crippen MR) is 116 cm³/mol. The zero-order valence-electron chi connectivity index (χ0n) is 17.2. The summed E-state index contributed by atoms with van der Waals surface area (Å²) < 4.78 is 6.91. The number of carbonyl (C=O) groups is 1. The maximum absolute atomic E-state index is 12.9. The Kier molecular flexibility index (Phi) is 6.32. The first-order valence-electron chi connectivity index (χ1n) is 10.0. The number of hydrogen-bond acceptors (Lipinski definition) is 6. The highest BCUT2D eigenvalue weighted by molar-refractivity contribution is 7.99. The van der Waals surface area contributed by atoms with E-state index < -0.39 is 0 Å². The van der Waals surface area contributed by atoms with Crippen LogP contribution in [0.5, 0.6) is 5.75 Å².